The molecule has 5 rings (SSSR count). The summed E-state index contributed by atoms with van der Waals surface area (Å²) in [7, 11) is -10.3. The van der Waals surface area contributed by atoms with Gasteiger partial charge in [0.25, 0.3) is 0 Å². The minimum absolute atomic E-state index is 0.101. The number of aliphatic hydroxyl groups excluding tert-OH is 1. The van der Waals surface area contributed by atoms with E-state index in [0.717, 1.165) is 0 Å². The van der Waals surface area contributed by atoms with Crippen LogP contribution in [0.4, 0.5) is 0 Å². The number of hydrogen-bond acceptors (Lipinski definition) is 14. The third-order valence-corrected chi connectivity index (χ3v) is 34.5. The van der Waals surface area contributed by atoms with Gasteiger partial charge in [0, 0.05) is 0 Å². The highest BCUT2D eigenvalue weighted by atomic mass is 28.4. The summed E-state index contributed by atoms with van der Waals surface area (Å²) in [5, 5.41) is 10.9. The van der Waals surface area contributed by atoms with Crippen LogP contribution < -0.4 is 0 Å². The summed E-state index contributed by atoms with van der Waals surface area (Å²) >= 11 is 0. The van der Waals surface area contributed by atoms with Crippen LogP contribution in [0, 0.1) is 0 Å². The van der Waals surface area contributed by atoms with Gasteiger partial charge in [0.05, 0.1) is 36.0 Å². The van der Waals surface area contributed by atoms with Gasteiger partial charge in [-0.25, -0.2) is 14.4 Å². The van der Waals surface area contributed by atoms with E-state index in [-0.39, 0.29) is 43.5 Å². The molecule has 2 aliphatic rings. The van der Waals surface area contributed by atoms with Crippen LogP contribution in [0.2, 0.25) is 72.5 Å². The highest BCUT2D eigenvalue weighted by molar-refractivity contribution is 6.75. The normalized spacial score (nSPS) is 24.1. The molecule has 0 bridgehead atoms. The molecule has 10 atom stereocenters. The van der Waals surface area contributed by atoms with Crippen molar-refractivity contribution in [3.63, 3.8) is 0 Å². The molecular formula is C57H90O14Si4. The van der Waals surface area contributed by atoms with Crippen molar-refractivity contribution in [2.75, 3.05) is 13.2 Å². The summed E-state index contributed by atoms with van der Waals surface area (Å²) in [5.41, 5.74) is 0.602. The molecule has 2 fully saturated rings. The van der Waals surface area contributed by atoms with E-state index in [1.54, 1.807) is 91.0 Å². The van der Waals surface area contributed by atoms with Gasteiger partial charge in [-0.05, 0) is 109 Å². The maximum absolute atomic E-state index is 14.2. The minimum atomic E-state index is -2.70. The molecule has 0 amide bonds. The number of rotatable bonds is 20. The monoisotopic (exact) mass is 1110 g/mol. The molecule has 14 nitrogen and oxygen atoms in total. The topological polar surface area (TPSA) is 164 Å². The van der Waals surface area contributed by atoms with Crippen LogP contribution in [-0.2, 0) is 46.1 Å². The van der Waals surface area contributed by atoms with E-state index in [1.807, 2.05) is 0 Å². The van der Waals surface area contributed by atoms with Crippen molar-refractivity contribution >= 4 is 51.2 Å². The average Bonchev–Trinajstić information content (AvgIpc) is 3.79. The molecular weight excluding hydrogens is 1020 g/mol. The standard InChI is InChI=1S/C57H90O14Si4/c1-54(2,3)72(13,14)63-37-42(69-73(15,16)55(4,5)6)44-46(70-74(17,18)56(7,8)9)48(71-75(19,20)57(10,11)12)53(68-44)62-36-41(64-49(58)38-30-24-21-25-31-38)43-45(66-50(59)39-32-26-22-27-33-39)47(52(61)65-43)67-51(60)40-34-28-23-29-35-40/h21-35,41-48,52-53,61H,36-37H2,1-20H3/t41-,42-,43+,44+,45+,46+,47-,48-,52-,53-/m1/s1. The number of aliphatic hydroxyl groups is 1. The molecule has 0 aliphatic carbocycles. The van der Waals surface area contributed by atoms with Crippen molar-refractivity contribution in [2.45, 2.75) is 217 Å². The lowest BCUT2D eigenvalue weighted by molar-refractivity contribution is -0.204. The Morgan fingerprint density at radius 2 is 0.867 bits per heavy atom. The molecule has 0 radical (unpaired) electrons. The smallest absolute Gasteiger partial charge is 0.338 e. The third kappa shape index (κ3) is 15.5. The third-order valence-electron chi connectivity index (χ3n) is 16.5. The number of carbonyl (C=O) groups is 3. The maximum atomic E-state index is 14.2. The molecule has 0 saturated carbocycles. The van der Waals surface area contributed by atoms with Crippen molar-refractivity contribution in [1.29, 1.82) is 0 Å². The Balaban J connectivity index is 1.67. The Labute approximate surface area is 452 Å². The van der Waals surface area contributed by atoms with Crippen LogP contribution in [0.1, 0.15) is 114 Å². The molecule has 3 aromatic rings. The predicted octanol–water partition coefficient (Wildman–Crippen LogP) is 12.3. The lowest BCUT2D eigenvalue weighted by Gasteiger charge is -2.46. The number of ether oxygens (including phenoxy) is 6. The molecule has 2 aliphatic heterocycles. The fraction of sp³-hybridized carbons (Fsp3) is 0.632. The first-order chi connectivity index (χ1) is 34.4. The number of carbonyl (C=O) groups excluding carboxylic acids is 3. The molecule has 3 aromatic carbocycles. The second-order valence-electron chi connectivity index (χ2n) is 26.2. The summed E-state index contributed by atoms with van der Waals surface area (Å²) in [6.45, 7) is 43.8. The van der Waals surface area contributed by atoms with E-state index in [0.29, 0.717) is 0 Å². The number of benzene rings is 3. The molecule has 1 N–H and O–H groups in total. The molecule has 0 aromatic heterocycles. The fourth-order valence-corrected chi connectivity index (χ4v) is 12.5. The first-order valence-corrected chi connectivity index (χ1v) is 38.1. The Hall–Kier alpha value is -3.38. The molecule has 0 unspecified atom stereocenters. The zero-order valence-electron chi connectivity index (χ0n) is 48.6. The summed E-state index contributed by atoms with van der Waals surface area (Å²) in [4.78, 5) is 41.9. The van der Waals surface area contributed by atoms with Gasteiger partial charge >= 0.3 is 17.9 Å². The largest absolute Gasteiger partial charge is 0.453 e. The highest BCUT2D eigenvalue weighted by Crippen LogP contribution is 2.47. The Morgan fingerprint density at radius 1 is 0.480 bits per heavy atom. The first-order valence-electron chi connectivity index (χ1n) is 26.4. The van der Waals surface area contributed by atoms with Crippen LogP contribution in [-0.4, -0.2) is 131 Å². The summed E-state index contributed by atoms with van der Waals surface area (Å²) in [5.74, 6) is -2.33. The first kappa shape index (κ1) is 62.5. The summed E-state index contributed by atoms with van der Waals surface area (Å²) in [6, 6.07) is 24.9. The van der Waals surface area contributed by atoms with Gasteiger partial charge < -0.3 is 51.2 Å². The second-order valence-corrected chi connectivity index (χ2v) is 45.3. The lowest BCUT2D eigenvalue weighted by atomic mass is 10.0. The number of esters is 3. The van der Waals surface area contributed by atoms with Crippen molar-refractivity contribution in [3.8, 4) is 0 Å². The average molecular weight is 1110 g/mol. The van der Waals surface area contributed by atoms with E-state index >= 15 is 0 Å². The summed E-state index contributed by atoms with van der Waals surface area (Å²) < 4.78 is 68.5. The highest BCUT2D eigenvalue weighted by Gasteiger charge is 2.59. The molecule has 2 heterocycles. The zero-order valence-corrected chi connectivity index (χ0v) is 52.6. The maximum Gasteiger partial charge on any atom is 0.338 e. The molecule has 75 heavy (non-hydrogen) atoms. The van der Waals surface area contributed by atoms with E-state index < -0.39 is 119 Å². The van der Waals surface area contributed by atoms with Gasteiger partial charge in [-0.15, -0.1) is 0 Å². The lowest BCUT2D eigenvalue weighted by Crippen LogP contribution is -2.58. The van der Waals surface area contributed by atoms with E-state index in [9.17, 15) is 19.5 Å². The van der Waals surface area contributed by atoms with Crippen molar-refractivity contribution < 1.29 is 65.6 Å². The fourth-order valence-electron chi connectivity index (χ4n) is 7.55. The van der Waals surface area contributed by atoms with E-state index in [4.69, 9.17) is 46.1 Å². The van der Waals surface area contributed by atoms with Crippen molar-refractivity contribution in [2.24, 2.45) is 0 Å². The van der Waals surface area contributed by atoms with Crippen molar-refractivity contribution in [3.05, 3.63) is 108 Å². The van der Waals surface area contributed by atoms with Crippen molar-refractivity contribution in [1.82, 2.24) is 0 Å². The minimum Gasteiger partial charge on any atom is -0.453 e. The van der Waals surface area contributed by atoms with Crippen LogP contribution >= 0.6 is 0 Å². The van der Waals surface area contributed by atoms with E-state index in [1.165, 1.54) is 0 Å². The quantitative estimate of drug-likeness (QED) is 0.0646. The van der Waals surface area contributed by atoms with Gasteiger partial charge in [-0.2, -0.15) is 0 Å². The van der Waals surface area contributed by atoms with Gasteiger partial charge in [0.2, 0.25) is 0 Å². The Bertz CT molecular complexity index is 2340. The molecule has 2 saturated heterocycles. The Morgan fingerprint density at radius 3 is 1.29 bits per heavy atom. The Kier molecular flexibility index (Phi) is 19.9. The number of hydrogen-bond donors (Lipinski definition) is 1. The van der Waals surface area contributed by atoms with Gasteiger partial charge in [-0.1, -0.05) is 138 Å². The van der Waals surface area contributed by atoms with E-state index in [2.05, 4.69) is 135 Å². The van der Waals surface area contributed by atoms with Crippen LogP contribution in [0.25, 0.3) is 0 Å². The van der Waals surface area contributed by atoms with Gasteiger partial charge in [0.15, 0.2) is 64.2 Å². The van der Waals surface area contributed by atoms with Gasteiger partial charge in [-0.3, -0.25) is 0 Å². The molecule has 0 spiro atoms. The van der Waals surface area contributed by atoms with Gasteiger partial charge in [0.1, 0.15) is 24.4 Å². The molecule has 18 heteroatoms. The van der Waals surface area contributed by atoms with Crippen LogP contribution in [0.15, 0.2) is 91.0 Å². The zero-order chi connectivity index (χ0) is 56.3. The summed E-state index contributed by atoms with van der Waals surface area (Å²) in [6.07, 6.45) is -11.9. The predicted molar refractivity (Wildman–Crippen MR) is 302 cm³/mol. The van der Waals surface area contributed by atoms with Crippen LogP contribution in [0.5, 0.6) is 0 Å². The van der Waals surface area contributed by atoms with Crippen LogP contribution in [0.3, 0.4) is 0 Å². The SMILES string of the molecule is CC(C)(C)[Si](C)(C)OC[C@@H](O[Si](C)(C)C(C)(C)C)[C@@H]1O[C@@H](OC[C@@H](OC(=O)c2ccccc2)[C@@H]2O[C@@H](O)[C@H](OC(=O)c3ccccc3)[C@H]2OC(=O)c2ccccc2)[C@H](O[Si](C)(C)C(C)(C)C)[C@H]1O[Si](C)(C)C(C)(C)C. The second kappa shape index (κ2) is 23.9. The molecule has 418 valence electrons.